The molecule has 88 valence electrons. The maximum Gasteiger partial charge on any atom is 0.302 e. The van der Waals surface area contributed by atoms with E-state index in [-0.39, 0.29) is 12.1 Å². The van der Waals surface area contributed by atoms with Gasteiger partial charge in [-0.2, -0.15) is 0 Å². The number of carbonyl (C=O) groups excluding carboxylic acids is 1. The molecular weight excluding hydrogens is 192 g/mol. The molecule has 3 nitrogen and oxygen atoms in total. The van der Waals surface area contributed by atoms with Crippen LogP contribution in [0.5, 0.6) is 0 Å². The van der Waals surface area contributed by atoms with Gasteiger partial charge in [-0.05, 0) is 32.1 Å². The lowest BCUT2D eigenvalue weighted by molar-refractivity contribution is -0.140. The van der Waals surface area contributed by atoms with Crippen LogP contribution >= 0.6 is 0 Å². The van der Waals surface area contributed by atoms with E-state index in [4.69, 9.17) is 4.74 Å². The summed E-state index contributed by atoms with van der Waals surface area (Å²) in [5.74, 6) is 0.106. The molecule has 0 aromatic carbocycles. The molecule has 0 spiro atoms. The van der Waals surface area contributed by atoms with Crippen LogP contribution in [-0.2, 0) is 9.53 Å². The molecule has 0 amide bonds. The van der Waals surface area contributed by atoms with Crippen LogP contribution in [0.15, 0.2) is 12.2 Å². The molecule has 1 N–H and O–H groups in total. The fourth-order valence-corrected chi connectivity index (χ4v) is 1.11. The number of allylic oxidation sites excluding steroid dienone is 1. The minimum absolute atomic E-state index is 0.230. The molecule has 0 bridgehead atoms. The van der Waals surface area contributed by atoms with E-state index in [0.717, 1.165) is 19.3 Å². The second-order valence-corrected chi connectivity index (χ2v) is 3.90. The Balaban J connectivity index is 3.35. The molecule has 0 saturated carbocycles. The molecule has 0 radical (unpaired) electrons. The fraction of sp³-hybridized carbons (Fsp3) is 0.750. The number of aliphatic hydroxyl groups excluding tert-OH is 1. The summed E-state index contributed by atoms with van der Waals surface area (Å²) >= 11 is 0. The molecular formula is C12H22O3. The van der Waals surface area contributed by atoms with Gasteiger partial charge in [-0.25, -0.2) is 0 Å². The van der Waals surface area contributed by atoms with Crippen molar-refractivity contribution in [3.05, 3.63) is 12.2 Å². The largest absolute Gasteiger partial charge is 0.466 e. The summed E-state index contributed by atoms with van der Waals surface area (Å²) in [6, 6.07) is 0. The molecule has 0 aromatic heterocycles. The smallest absolute Gasteiger partial charge is 0.302 e. The van der Waals surface area contributed by atoms with Gasteiger partial charge in [0.2, 0.25) is 0 Å². The Bertz CT molecular complexity index is 197. The van der Waals surface area contributed by atoms with Gasteiger partial charge in [0.1, 0.15) is 0 Å². The zero-order valence-electron chi connectivity index (χ0n) is 9.90. The normalized spacial score (nSPS) is 15.2. The Hall–Kier alpha value is -0.830. The summed E-state index contributed by atoms with van der Waals surface area (Å²) in [6.45, 7) is 5.72. The molecule has 0 rings (SSSR count). The molecule has 0 aliphatic rings. The lowest BCUT2D eigenvalue weighted by Gasteiger charge is -2.12. The highest BCUT2D eigenvalue weighted by molar-refractivity contribution is 5.65. The summed E-state index contributed by atoms with van der Waals surface area (Å²) in [5, 5.41) is 9.24. The van der Waals surface area contributed by atoms with Crippen LogP contribution in [-0.4, -0.2) is 23.8 Å². The topological polar surface area (TPSA) is 46.5 Å². The highest BCUT2D eigenvalue weighted by Gasteiger charge is 2.06. The van der Waals surface area contributed by atoms with Gasteiger partial charge in [0, 0.05) is 6.92 Å². The molecule has 15 heavy (non-hydrogen) atoms. The van der Waals surface area contributed by atoms with Crippen LogP contribution in [0.1, 0.15) is 40.0 Å². The molecule has 0 unspecified atom stereocenters. The number of aliphatic hydroxyl groups is 1. The molecule has 0 fully saturated rings. The molecule has 0 saturated heterocycles. The van der Waals surface area contributed by atoms with Crippen molar-refractivity contribution < 1.29 is 14.6 Å². The monoisotopic (exact) mass is 214 g/mol. The minimum atomic E-state index is -0.237. The maximum absolute atomic E-state index is 10.4. The lowest BCUT2D eigenvalue weighted by Crippen LogP contribution is -2.12. The van der Waals surface area contributed by atoms with Crippen molar-refractivity contribution in [3.8, 4) is 0 Å². The summed E-state index contributed by atoms with van der Waals surface area (Å²) in [4.78, 5) is 10.4. The van der Waals surface area contributed by atoms with Crippen LogP contribution in [0.2, 0.25) is 0 Å². The van der Waals surface area contributed by atoms with E-state index in [1.165, 1.54) is 6.92 Å². The third-order valence-corrected chi connectivity index (χ3v) is 2.37. The number of rotatable bonds is 7. The van der Waals surface area contributed by atoms with Crippen LogP contribution in [0.3, 0.4) is 0 Å². The van der Waals surface area contributed by atoms with Gasteiger partial charge in [0.25, 0.3) is 0 Å². The van der Waals surface area contributed by atoms with E-state index in [0.29, 0.717) is 12.5 Å². The second-order valence-electron chi connectivity index (χ2n) is 3.90. The fourth-order valence-electron chi connectivity index (χ4n) is 1.11. The standard InChI is InChI=1S/C12H22O3/c1-10(11(2)13)8-6-4-5-7-9-15-12(3)14/h4-5,10-11,13H,6-9H2,1-3H3/t10-,11+/m1/s1. The van der Waals surface area contributed by atoms with Gasteiger partial charge in [-0.3, -0.25) is 4.79 Å². The Morgan fingerprint density at radius 3 is 2.47 bits per heavy atom. The van der Waals surface area contributed by atoms with Crippen molar-refractivity contribution in [2.75, 3.05) is 6.61 Å². The number of esters is 1. The van der Waals surface area contributed by atoms with Gasteiger partial charge in [0.05, 0.1) is 12.7 Å². The van der Waals surface area contributed by atoms with Crippen molar-refractivity contribution >= 4 is 5.97 Å². The average molecular weight is 214 g/mol. The van der Waals surface area contributed by atoms with Gasteiger partial charge in [-0.1, -0.05) is 19.1 Å². The number of ether oxygens (including phenoxy) is 1. The summed E-state index contributed by atoms with van der Waals surface area (Å²) in [5.41, 5.74) is 0. The van der Waals surface area contributed by atoms with Crippen molar-refractivity contribution in [2.45, 2.75) is 46.1 Å². The zero-order chi connectivity index (χ0) is 11.7. The predicted octanol–water partition coefficient (Wildman–Crippen LogP) is 2.29. The SMILES string of the molecule is CC(=O)OCCC=CCC[C@@H](C)[C@H](C)O. The number of carbonyl (C=O) groups is 1. The Morgan fingerprint density at radius 2 is 1.93 bits per heavy atom. The van der Waals surface area contributed by atoms with Crippen molar-refractivity contribution in [1.82, 2.24) is 0 Å². The van der Waals surface area contributed by atoms with Crippen LogP contribution < -0.4 is 0 Å². The van der Waals surface area contributed by atoms with Crippen LogP contribution in [0.4, 0.5) is 0 Å². The van der Waals surface area contributed by atoms with Crippen molar-refractivity contribution in [1.29, 1.82) is 0 Å². The van der Waals surface area contributed by atoms with Gasteiger partial charge >= 0.3 is 5.97 Å². The number of hydrogen-bond donors (Lipinski definition) is 1. The first-order valence-corrected chi connectivity index (χ1v) is 5.50. The quantitative estimate of drug-likeness (QED) is 0.402. The third-order valence-electron chi connectivity index (χ3n) is 2.37. The van der Waals surface area contributed by atoms with Crippen molar-refractivity contribution in [2.24, 2.45) is 5.92 Å². The third kappa shape index (κ3) is 9.47. The summed E-state index contributed by atoms with van der Waals surface area (Å²) < 4.78 is 4.78. The van der Waals surface area contributed by atoms with Gasteiger partial charge in [0.15, 0.2) is 0 Å². The molecule has 0 aliphatic heterocycles. The van der Waals surface area contributed by atoms with E-state index in [1.54, 1.807) is 0 Å². The van der Waals surface area contributed by atoms with E-state index in [1.807, 2.05) is 19.9 Å². The lowest BCUT2D eigenvalue weighted by atomic mass is 10.0. The molecule has 0 heterocycles. The molecule has 3 heteroatoms. The summed E-state index contributed by atoms with van der Waals surface area (Å²) in [6.07, 6.45) is 6.57. The Labute approximate surface area is 92.1 Å². The van der Waals surface area contributed by atoms with E-state index < -0.39 is 0 Å². The maximum atomic E-state index is 10.4. The average Bonchev–Trinajstić information content (AvgIpc) is 2.15. The first-order chi connectivity index (χ1) is 7.04. The van der Waals surface area contributed by atoms with E-state index in [9.17, 15) is 9.90 Å². The molecule has 0 aliphatic carbocycles. The van der Waals surface area contributed by atoms with Gasteiger partial charge in [-0.15, -0.1) is 0 Å². The summed E-state index contributed by atoms with van der Waals surface area (Å²) in [7, 11) is 0. The predicted molar refractivity (Wildman–Crippen MR) is 60.5 cm³/mol. The first kappa shape index (κ1) is 14.2. The molecule has 0 aromatic rings. The molecule has 2 atom stereocenters. The Morgan fingerprint density at radius 1 is 1.33 bits per heavy atom. The van der Waals surface area contributed by atoms with Crippen molar-refractivity contribution in [3.63, 3.8) is 0 Å². The highest BCUT2D eigenvalue weighted by atomic mass is 16.5. The highest BCUT2D eigenvalue weighted by Crippen LogP contribution is 2.10. The van der Waals surface area contributed by atoms with E-state index in [2.05, 4.69) is 6.08 Å². The minimum Gasteiger partial charge on any atom is -0.466 e. The second kappa shape index (κ2) is 8.48. The van der Waals surface area contributed by atoms with Crippen LogP contribution in [0, 0.1) is 5.92 Å². The van der Waals surface area contributed by atoms with E-state index >= 15 is 0 Å². The van der Waals surface area contributed by atoms with Crippen LogP contribution in [0.25, 0.3) is 0 Å². The number of hydrogen-bond acceptors (Lipinski definition) is 3. The Kier molecular flexibility index (Phi) is 8.01. The van der Waals surface area contributed by atoms with Gasteiger partial charge < -0.3 is 9.84 Å². The first-order valence-electron chi connectivity index (χ1n) is 5.50. The zero-order valence-corrected chi connectivity index (χ0v) is 9.90.